The van der Waals surface area contributed by atoms with Crippen LogP contribution in [0.2, 0.25) is 0 Å². The Balaban J connectivity index is 1.50. The van der Waals surface area contributed by atoms with Crippen LogP contribution in [-0.4, -0.2) is 47.4 Å². The molecule has 4 nitrogen and oxygen atoms in total. The number of ether oxygens (including phenoxy) is 1. The van der Waals surface area contributed by atoms with Crippen molar-refractivity contribution < 1.29 is 4.74 Å². The van der Waals surface area contributed by atoms with E-state index in [-0.39, 0.29) is 0 Å². The van der Waals surface area contributed by atoms with Gasteiger partial charge in [-0.25, -0.2) is 0 Å². The SMILES string of the molecule is COc1ccc(N2CCN(c3ccccc3-c3ccc(N(C)C)cc3)CC2)cc1. The summed E-state index contributed by atoms with van der Waals surface area (Å²) in [6.07, 6.45) is 0. The van der Waals surface area contributed by atoms with Crippen LogP contribution in [0.25, 0.3) is 11.1 Å². The Bertz CT molecular complexity index is 927. The van der Waals surface area contributed by atoms with E-state index in [1.54, 1.807) is 7.11 Å². The number of rotatable bonds is 5. The van der Waals surface area contributed by atoms with Crippen LogP contribution >= 0.6 is 0 Å². The molecule has 3 aromatic carbocycles. The molecule has 1 aliphatic rings. The van der Waals surface area contributed by atoms with E-state index in [1.807, 2.05) is 12.1 Å². The highest BCUT2D eigenvalue weighted by Gasteiger charge is 2.20. The topological polar surface area (TPSA) is 19.0 Å². The molecule has 1 aliphatic heterocycles. The molecule has 1 saturated heterocycles. The largest absolute Gasteiger partial charge is 0.497 e. The minimum atomic E-state index is 0.904. The van der Waals surface area contributed by atoms with Crippen LogP contribution in [0.4, 0.5) is 17.1 Å². The predicted octanol–water partition coefficient (Wildman–Crippen LogP) is 4.75. The van der Waals surface area contributed by atoms with Gasteiger partial charge >= 0.3 is 0 Å². The maximum absolute atomic E-state index is 5.28. The summed E-state index contributed by atoms with van der Waals surface area (Å²) in [4.78, 5) is 7.09. The first kappa shape index (κ1) is 19.2. The van der Waals surface area contributed by atoms with Gasteiger partial charge in [-0.2, -0.15) is 0 Å². The fourth-order valence-corrected chi connectivity index (χ4v) is 3.93. The van der Waals surface area contributed by atoms with Gasteiger partial charge in [0.25, 0.3) is 0 Å². The highest BCUT2D eigenvalue weighted by Crippen LogP contribution is 2.33. The highest BCUT2D eigenvalue weighted by atomic mass is 16.5. The zero-order valence-electron chi connectivity index (χ0n) is 17.5. The van der Waals surface area contributed by atoms with Crippen LogP contribution in [0, 0.1) is 0 Å². The molecule has 0 spiro atoms. The van der Waals surface area contributed by atoms with E-state index in [0.717, 1.165) is 31.9 Å². The first-order chi connectivity index (χ1) is 14.2. The third-order valence-electron chi connectivity index (χ3n) is 5.66. The van der Waals surface area contributed by atoms with E-state index in [2.05, 4.69) is 89.5 Å². The van der Waals surface area contributed by atoms with E-state index in [9.17, 15) is 0 Å². The van der Waals surface area contributed by atoms with Crippen molar-refractivity contribution in [3.05, 3.63) is 72.8 Å². The molecular weight excluding hydrogens is 358 g/mol. The average Bonchev–Trinajstić information content (AvgIpc) is 2.79. The zero-order valence-corrected chi connectivity index (χ0v) is 17.5. The van der Waals surface area contributed by atoms with Crippen LogP contribution in [-0.2, 0) is 0 Å². The lowest BCUT2D eigenvalue weighted by Gasteiger charge is -2.38. The molecule has 0 aromatic heterocycles. The minimum absolute atomic E-state index is 0.904. The molecule has 4 heteroatoms. The molecule has 1 fully saturated rings. The van der Waals surface area contributed by atoms with Gasteiger partial charge in [-0.3, -0.25) is 0 Å². The summed E-state index contributed by atoms with van der Waals surface area (Å²) in [5.41, 5.74) is 6.37. The van der Waals surface area contributed by atoms with Crippen molar-refractivity contribution in [1.29, 1.82) is 0 Å². The third kappa shape index (κ3) is 4.16. The average molecular weight is 388 g/mol. The van der Waals surface area contributed by atoms with E-state index in [4.69, 9.17) is 4.74 Å². The van der Waals surface area contributed by atoms with Crippen LogP contribution < -0.4 is 19.4 Å². The Kier molecular flexibility index (Phi) is 5.61. The van der Waals surface area contributed by atoms with Crippen LogP contribution in [0.15, 0.2) is 72.8 Å². The molecule has 3 aromatic rings. The second-order valence-corrected chi connectivity index (χ2v) is 7.63. The van der Waals surface area contributed by atoms with Gasteiger partial charge in [0.1, 0.15) is 5.75 Å². The molecule has 0 bridgehead atoms. The minimum Gasteiger partial charge on any atom is -0.497 e. The van der Waals surface area contributed by atoms with E-state index in [0.29, 0.717) is 0 Å². The summed E-state index contributed by atoms with van der Waals surface area (Å²) in [6, 6.07) is 25.9. The van der Waals surface area contributed by atoms with Gasteiger partial charge in [-0.1, -0.05) is 30.3 Å². The first-order valence-electron chi connectivity index (χ1n) is 10.2. The van der Waals surface area contributed by atoms with Crippen molar-refractivity contribution >= 4 is 17.1 Å². The lowest BCUT2D eigenvalue weighted by molar-refractivity contribution is 0.415. The number of para-hydroxylation sites is 1. The van der Waals surface area contributed by atoms with Crippen molar-refractivity contribution in [3.63, 3.8) is 0 Å². The second-order valence-electron chi connectivity index (χ2n) is 7.63. The summed E-state index contributed by atoms with van der Waals surface area (Å²) in [7, 11) is 5.86. The van der Waals surface area contributed by atoms with E-state index < -0.39 is 0 Å². The Morgan fingerprint density at radius 2 is 1.34 bits per heavy atom. The summed E-state index contributed by atoms with van der Waals surface area (Å²) in [5, 5.41) is 0. The molecule has 0 radical (unpaired) electrons. The molecule has 150 valence electrons. The van der Waals surface area contributed by atoms with Crippen LogP contribution in [0.3, 0.4) is 0 Å². The molecule has 0 atom stereocenters. The Labute approximate surface area is 173 Å². The Morgan fingerprint density at radius 1 is 0.724 bits per heavy atom. The highest BCUT2D eigenvalue weighted by molar-refractivity contribution is 5.79. The fourth-order valence-electron chi connectivity index (χ4n) is 3.93. The van der Waals surface area contributed by atoms with E-state index in [1.165, 1.54) is 28.2 Å². The maximum atomic E-state index is 5.28. The quantitative estimate of drug-likeness (QED) is 0.628. The van der Waals surface area contributed by atoms with Crippen molar-refractivity contribution in [2.24, 2.45) is 0 Å². The molecule has 0 N–H and O–H groups in total. The van der Waals surface area contributed by atoms with Gasteiger partial charge in [0.15, 0.2) is 0 Å². The monoisotopic (exact) mass is 387 g/mol. The lowest BCUT2D eigenvalue weighted by atomic mass is 10.0. The second kappa shape index (κ2) is 8.48. The van der Waals surface area contributed by atoms with Crippen molar-refractivity contribution in [2.45, 2.75) is 0 Å². The third-order valence-corrected chi connectivity index (χ3v) is 5.66. The standard InChI is InChI=1S/C25H29N3O/c1-26(2)21-10-8-20(9-11-21)24-6-4-5-7-25(24)28-18-16-27(17-19-28)22-12-14-23(29-3)15-13-22/h4-15H,16-19H2,1-3H3. The fraction of sp³-hybridized carbons (Fsp3) is 0.280. The smallest absolute Gasteiger partial charge is 0.119 e. The van der Waals surface area contributed by atoms with Gasteiger partial charge in [-0.05, 0) is 48.0 Å². The number of methoxy groups -OCH3 is 1. The molecule has 0 unspecified atom stereocenters. The molecule has 29 heavy (non-hydrogen) atoms. The van der Waals surface area contributed by atoms with Gasteiger partial charge in [-0.15, -0.1) is 0 Å². The van der Waals surface area contributed by atoms with Crippen molar-refractivity contribution in [2.75, 3.05) is 62.1 Å². The van der Waals surface area contributed by atoms with Crippen molar-refractivity contribution in [1.82, 2.24) is 0 Å². The molecule has 1 heterocycles. The molecule has 4 rings (SSSR count). The number of benzene rings is 3. The van der Waals surface area contributed by atoms with Gasteiger partial charge in [0.05, 0.1) is 7.11 Å². The van der Waals surface area contributed by atoms with Gasteiger partial charge in [0, 0.05) is 62.9 Å². The molecule has 0 aliphatic carbocycles. The van der Waals surface area contributed by atoms with Crippen LogP contribution in [0.1, 0.15) is 0 Å². The zero-order chi connectivity index (χ0) is 20.2. The first-order valence-corrected chi connectivity index (χ1v) is 10.2. The summed E-state index contributed by atoms with van der Waals surface area (Å²) < 4.78 is 5.28. The predicted molar refractivity (Wildman–Crippen MR) is 124 cm³/mol. The number of nitrogens with zero attached hydrogens (tertiary/aromatic N) is 3. The summed E-state index contributed by atoms with van der Waals surface area (Å²) in [5.74, 6) is 0.904. The normalized spacial score (nSPS) is 14.0. The summed E-state index contributed by atoms with van der Waals surface area (Å²) >= 11 is 0. The van der Waals surface area contributed by atoms with Gasteiger partial charge in [0.2, 0.25) is 0 Å². The maximum Gasteiger partial charge on any atom is 0.119 e. The Morgan fingerprint density at radius 3 is 1.97 bits per heavy atom. The Hall–Kier alpha value is -3.14. The van der Waals surface area contributed by atoms with Gasteiger partial charge < -0.3 is 19.4 Å². The number of hydrogen-bond acceptors (Lipinski definition) is 4. The molecule has 0 saturated carbocycles. The number of anilines is 3. The van der Waals surface area contributed by atoms with E-state index >= 15 is 0 Å². The number of piperazine rings is 1. The van der Waals surface area contributed by atoms with Crippen LogP contribution in [0.5, 0.6) is 5.75 Å². The molecule has 0 amide bonds. The van der Waals surface area contributed by atoms with Crippen molar-refractivity contribution in [3.8, 4) is 16.9 Å². The molecular formula is C25H29N3O. The lowest BCUT2D eigenvalue weighted by Crippen LogP contribution is -2.46. The number of hydrogen-bond donors (Lipinski definition) is 0. The summed E-state index contributed by atoms with van der Waals surface area (Å²) in [6.45, 7) is 4.05.